The summed E-state index contributed by atoms with van der Waals surface area (Å²) in [6.07, 6.45) is 0.752. The van der Waals surface area contributed by atoms with Gasteiger partial charge in [0.1, 0.15) is 0 Å². The highest BCUT2D eigenvalue weighted by Crippen LogP contribution is 2.11. The Hall–Kier alpha value is -2.20. The topological polar surface area (TPSA) is 67.1 Å². The molecule has 0 aromatic heterocycles. The van der Waals surface area contributed by atoms with E-state index < -0.39 is 0 Å². The van der Waals surface area contributed by atoms with Crippen LogP contribution in [-0.2, 0) is 6.42 Å². The lowest BCUT2D eigenvalue weighted by Crippen LogP contribution is -2.30. The molecule has 0 aliphatic heterocycles. The van der Waals surface area contributed by atoms with Crippen molar-refractivity contribution in [3.05, 3.63) is 59.1 Å². The highest BCUT2D eigenvalue weighted by atomic mass is 35.5. The summed E-state index contributed by atoms with van der Waals surface area (Å²) >= 11 is 5.81. The maximum Gasteiger partial charge on any atom is 0.319 e. The van der Waals surface area contributed by atoms with E-state index in [9.17, 15) is 4.79 Å². The van der Waals surface area contributed by atoms with Crippen molar-refractivity contribution in [1.29, 1.82) is 0 Å². The Balaban J connectivity index is 1.76. The van der Waals surface area contributed by atoms with Gasteiger partial charge in [0.05, 0.1) is 0 Å². The van der Waals surface area contributed by atoms with Gasteiger partial charge in [-0.05, 0) is 42.3 Å². The Labute approximate surface area is 122 Å². The van der Waals surface area contributed by atoms with E-state index in [0.717, 1.165) is 12.0 Å². The number of halogens is 1. The van der Waals surface area contributed by atoms with Gasteiger partial charge in [-0.2, -0.15) is 0 Å². The van der Waals surface area contributed by atoms with Crippen LogP contribution in [0.2, 0.25) is 5.02 Å². The Morgan fingerprint density at radius 1 is 1.15 bits per heavy atom. The lowest BCUT2D eigenvalue weighted by atomic mass is 10.1. The molecule has 2 aromatic carbocycles. The second-order valence-corrected chi connectivity index (χ2v) is 4.82. The fraction of sp³-hybridized carbons (Fsp3) is 0.133. The van der Waals surface area contributed by atoms with Gasteiger partial charge in [0, 0.05) is 22.9 Å². The van der Waals surface area contributed by atoms with Crippen LogP contribution in [0.5, 0.6) is 0 Å². The number of hydrogen-bond acceptors (Lipinski definition) is 2. The molecular weight excluding hydrogens is 274 g/mol. The minimum atomic E-state index is -0.246. The maximum atomic E-state index is 11.7. The molecule has 20 heavy (non-hydrogen) atoms. The number of hydrogen-bond donors (Lipinski definition) is 3. The van der Waals surface area contributed by atoms with E-state index in [-0.39, 0.29) is 6.03 Å². The number of nitrogens with two attached hydrogens (primary N) is 1. The third-order valence-corrected chi connectivity index (χ3v) is 3.01. The third kappa shape index (κ3) is 4.48. The fourth-order valence-electron chi connectivity index (χ4n) is 1.76. The summed E-state index contributed by atoms with van der Waals surface area (Å²) < 4.78 is 0. The first-order valence-electron chi connectivity index (χ1n) is 6.28. The molecule has 104 valence electrons. The first-order valence-corrected chi connectivity index (χ1v) is 6.66. The molecule has 2 amide bonds. The summed E-state index contributed by atoms with van der Waals surface area (Å²) in [5.74, 6) is 0. The molecule has 4 N–H and O–H groups in total. The van der Waals surface area contributed by atoms with E-state index in [1.807, 2.05) is 24.3 Å². The summed E-state index contributed by atoms with van der Waals surface area (Å²) in [5, 5.41) is 6.23. The van der Waals surface area contributed by atoms with Crippen LogP contribution in [0.4, 0.5) is 16.2 Å². The number of nitrogen functional groups attached to an aromatic ring is 1. The lowest BCUT2D eigenvalue weighted by Gasteiger charge is -2.08. The van der Waals surface area contributed by atoms with Gasteiger partial charge >= 0.3 is 6.03 Å². The van der Waals surface area contributed by atoms with E-state index in [0.29, 0.717) is 22.9 Å². The number of amides is 2. The zero-order chi connectivity index (χ0) is 14.4. The number of anilines is 2. The molecule has 2 rings (SSSR count). The summed E-state index contributed by atoms with van der Waals surface area (Å²) in [6.45, 7) is 0.551. The predicted molar refractivity (Wildman–Crippen MR) is 83.0 cm³/mol. The van der Waals surface area contributed by atoms with Crippen LogP contribution in [0.1, 0.15) is 5.56 Å². The van der Waals surface area contributed by atoms with Gasteiger partial charge in [0.15, 0.2) is 0 Å². The Morgan fingerprint density at radius 3 is 2.60 bits per heavy atom. The third-order valence-electron chi connectivity index (χ3n) is 2.76. The molecule has 0 atom stereocenters. The Kier molecular flexibility index (Phi) is 4.85. The predicted octanol–water partition coefficient (Wildman–Crippen LogP) is 3.29. The van der Waals surface area contributed by atoms with Gasteiger partial charge in [-0.15, -0.1) is 0 Å². The van der Waals surface area contributed by atoms with Crippen LogP contribution in [0, 0.1) is 0 Å². The van der Waals surface area contributed by atoms with E-state index >= 15 is 0 Å². The fourth-order valence-corrected chi connectivity index (χ4v) is 1.89. The molecule has 0 unspecified atom stereocenters. The van der Waals surface area contributed by atoms with Crippen molar-refractivity contribution in [1.82, 2.24) is 5.32 Å². The summed E-state index contributed by atoms with van der Waals surface area (Å²) in [5.41, 5.74) is 8.05. The molecule has 0 radical (unpaired) electrons. The molecule has 0 bridgehead atoms. The lowest BCUT2D eigenvalue weighted by molar-refractivity contribution is 0.252. The highest BCUT2D eigenvalue weighted by molar-refractivity contribution is 6.30. The minimum absolute atomic E-state index is 0.246. The van der Waals surface area contributed by atoms with Crippen LogP contribution < -0.4 is 16.4 Å². The second kappa shape index (κ2) is 6.82. The zero-order valence-corrected chi connectivity index (χ0v) is 11.7. The van der Waals surface area contributed by atoms with Gasteiger partial charge < -0.3 is 16.4 Å². The van der Waals surface area contributed by atoms with Crippen molar-refractivity contribution >= 4 is 29.0 Å². The summed E-state index contributed by atoms with van der Waals surface area (Å²) in [7, 11) is 0. The maximum absolute atomic E-state index is 11.7. The molecule has 4 nitrogen and oxygen atoms in total. The van der Waals surface area contributed by atoms with Gasteiger partial charge in [-0.1, -0.05) is 29.8 Å². The normalized spacial score (nSPS) is 10.1. The molecule has 0 saturated carbocycles. The van der Waals surface area contributed by atoms with Crippen LogP contribution in [-0.4, -0.2) is 12.6 Å². The van der Waals surface area contributed by atoms with Crippen molar-refractivity contribution in [3.8, 4) is 0 Å². The summed E-state index contributed by atoms with van der Waals surface area (Å²) in [6, 6.07) is 14.4. The molecule has 0 spiro atoms. The number of nitrogens with one attached hydrogen (secondary N) is 2. The van der Waals surface area contributed by atoms with E-state index in [4.69, 9.17) is 17.3 Å². The minimum Gasteiger partial charge on any atom is -0.399 e. The van der Waals surface area contributed by atoms with Crippen LogP contribution in [0.3, 0.4) is 0 Å². The number of carbonyl (C=O) groups is 1. The van der Waals surface area contributed by atoms with Crippen molar-refractivity contribution in [2.75, 3.05) is 17.6 Å². The van der Waals surface area contributed by atoms with Gasteiger partial charge in [0.25, 0.3) is 0 Å². The van der Waals surface area contributed by atoms with Crippen LogP contribution in [0.25, 0.3) is 0 Å². The zero-order valence-electron chi connectivity index (χ0n) is 10.9. The highest BCUT2D eigenvalue weighted by Gasteiger charge is 2.01. The van der Waals surface area contributed by atoms with Crippen LogP contribution in [0.15, 0.2) is 48.5 Å². The van der Waals surface area contributed by atoms with Crippen molar-refractivity contribution in [3.63, 3.8) is 0 Å². The number of benzene rings is 2. The number of rotatable bonds is 4. The van der Waals surface area contributed by atoms with E-state index in [2.05, 4.69) is 10.6 Å². The molecule has 0 fully saturated rings. The van der Waals surface area contributed by atoms with Crippen LogP contribution >= 0.6 is 11.6 Å². The second-order valence-electron chi connectivity index (χ2n) is 4.38. The summed E-state index contributed by atoms with van der Waals surface area (Å²) in [4.78, 5) is 11.7. The monoisotopic (exact) mass is 289 g/mol. The Bertz CT molecular complexity index is 584. The van der Waals surface area contributed by atoms with Gasteiger partial charge in [-0.3, -0.25) is 0 Å². The standard InChI is InChI=1S/C15H16ClN3O/c16-12-6-4-11(5-7-12)8-9-18-15(20)19-14-3-1-2-13(17)10-14/h1-7,10H,8-9,17H2,(H2,18,19,20). The average Bonchev–Trinajstić information content (AvgIpc) is 2.41. The van der Waals surface area contributed by atoms with Crippen molar-refractivity contribution in [2.45, 2.75) is 6.42 Å². The van der Waals surface area contributed by atoms with E-state index in [1.54, 1.807) is 24.3 Å². The largest absolute Gasteiger partial charge is 0.399 e. The van der Waals surface area contributed by atoms with Gasteiger partial charge in [-0.25, -0.2) is 4.79 Å². The quantitative estimate of drug-likeness (QED) is 0.756. The van der Waals surface area contributed by atoms with Gasteiger partial charge in [0.2, 0.25) is 0 Å². The SMILES string of the molecule is Nc1cccc(NC(=O)NCCc2ccc(Cl)cc2)c1. The molecule has 0 heterocycles. The molecule has 0 saturated heterocycles. The molecule has 5 heteroatoms. The molecule has 0 aliphatic carbocycles. The molecule has 2 aromatic rings. The first-order chi connectivity index (χ1) is 9.63. The molecule has 0 aliphatic rings. The van der Waals surface area contributed by atoms with E-state index in [1.165, 1.54) is 0 Å². The number of carbonyl (C=O) groups excluding carboxylic acids is 1. The first kappa shape index (κ1) is 14.2. The molecular formula is C15H16ClN3O. The van der Waals surface area contributed by atoms with Crippen molar-refractivity contribution in [2.24, 2.45) is 0 Å². The average molecular weight is 290 g/mol. The smallest absolute Gasteiger partial charge is 0.319 e. The Morgan fingerprint density at radius 2 is 1.90 bits per heavy atom. The van der Waals surface area contributed by atoms with Crippen molar-refractivity contribution < 1.29 is 4.79 Å². The number of urea groups is 1.